The van der Waals surface area contributed by atoms with E-state index in [1.54, 1.807) is 34.6 Å². The van der Waals surface area contributed by atoms with Crippen molar-refractivity contribution in [3.63, 3.8) is 0 Å². The molecule has 0 bridgehead atoms. The standard InChI is InChI=1S/C19H19N5O2S/c1-12-11-27-19(20-12)23-17-8-16(21-13(2)22-17)14-9-24(10-14)18(25)6-5-15-4-3-7-26-15/h3-8,11,14H,9-10H2,1-2H3,(H,20,21,22,23)/b6-5+. The highest BCUT2D eigenvalue weighted by Crippen LogP contribution is 2.28. The fraction of sp³-hybridized carbons (Fsp3) is 0.263. The van der Waals surface area contributed by atoms with Crippen molar-refractivity contribution in [3.05, 3.63) is 58.9 Å². The smallest absolute Gasteiger partial charge is 0.246 e. The van der Waals surface area contributed by atoms with Gasteiger partial charge in [0.1, 0.15) is 17.4 Å². The molecule has 3 aromatic heterocycles. The molecule has 1 aliphatic rings. The third-order valence-corrected chi connectivity index (χ3v) is 5.13. The zero-order valence-corrected chi connectivity index (χ0v) is 15.9. The predicted molar refractivity (Wildman–Crippen MR) is 104 cm³/mol. The molecule has 0 atom stereocenters. The van der Waals surface area contributed by atoms with Crippen LogP contribution in [0.15, 0.2) is 40.3 Å². The largest absolute Gasteiger partial charge is 0.465 e. The van der Waals surface area contributed by atoms with Gasteiger partial charge in [0.15, 0.2) is 5.13 Å². The average Bonchev–Trinajstić information content (AvgIpc) is 3.23. The van der Waals surface area contributed by atoms with Gasteiger partial charge in [0.25, 0.3) is 0 Å². The molecular formula is C19H19N5O2S. The van der Waals surface area contributed by atoms with E-state index in [1.165, 1.54) is 6.08 Å². The lowest BCUT2D eigenvalue weighted by molar-refractivity contribution is -0.130. The number of nitrogens with zero attached hydrogens (tertiary/aromatic N) is 4. The first-order chi connectivity index (χ1) is 13.1. The molecule has 0 unspecified atom stereocenters. The summed E-state index contributed by atoms with van der Waals surface area (Å²) in [5.41, 5.74) is 1.92. The van der Waals surface area contributed by atoms with Gasteiger partial charge in [0, 0.05) is 36.5 Å². The van der Waals surface area contributed by atoms with Gasteiger partial charge in [-0.2, -0.15) is 0 Å². The van der Waals surface area contributed by atoms with Crippen LogP contribution in [0.1, 0.15) is 28.9 Å². The summed E-state index contributed by atoms with van der Waals surface area (Å²) in [5, 5.41) is 6.03. The van der Waals surface area contributed by atoms with E-state index in [0.29, 0.717) is 24.7 Å². The maximum Gasteiger partial charge on any atom is 0.246 e. The van der Waals surface area contributed by atoms with Crippen molar-refractivity contribution in [1.82, 2.24) is 19.9 Å². The molecule has 1 amide bonds. The van der Waals surface area contributed by atoms with E-state index in [2.05, 4.69) is 20.3 Å². The molecule has 0 radical (unpaired) electrons. The molecule has 1 fully saturated rings. The minimum atomic E-state index is -0.0231. The first-order valence-electron chi connectivity index (χ1n) is 8.62. The van der Waals surface area contributed by atoms with Gasteiger partial charge in [0.05, 0.1) is 17.7 Å². The molecule has 1 N–H and O–H groups in total. The molecule has 0 spiro atoms. The topological polar surface area (TPSA) is 84.2 Å². The number of aromatic nitrogens is 3. The van der Waals surface area contributed by atoms with Crippen molar-refractivity contribution < 1.29 is 9.21 Å². The number of hydrogen-bond acceptors (Lipinski definition) is 7. The highest BCUT2D eigenvalue weighted by molar-refractivity contribution is 7.13. The molecule has 7 nitrogen and oxygen atoms in total. The number of furan rings is 1. The fourth-order valence-corrected chi connectivity index (χ4v) is 3.57. The Kier molecular flexibility index (Phi) is 4.72. The Bertz CT molecular complexity index is 974. The van der Waals surface area contributed by atoms with E-state index in [9.17, 15) is 4.79 Å². The maximum atomic E-state index is 12.2. The van der Waals surface area contributed by atoms with Crippen molar-refractivity contribution in [3.8, 4) is 0 Å². The monoisotopic (exact) mass is 381 g/mol. The third kappa shape index (κ3) is 4.06. The molecule has 0 aromatic carbocycles. The normalized spacial score (nSPS) is 14.5. The molecule has 4 heterocycles. The van der Waals surface area contributed by atoms with Crippen LogP contribution in [0.5, 0.6) is 0 Å². The zero-order valence-electron chi connectivity index (χ0n) is 15.0. The van der Waals surface area contributed by atoms with Crippen LogP contribution in [-0.2, 0) is 4.79 Å². The Balaban J connectivity index is 1.39. The molecule has 3 aromatic rings. The van der Waals surface area contributed by atoms with Gasteiger partial charge in [0.2, 0.25) is 5.91 Å². The molecular weight excluding hydrogens is 362 g/mol. The lowest BCUT2D eigenvalue weighted by Gasteiger charge is -2.38. The number of rotatable bonds is 5. The van der Waals surface area contributed by atoms with Gasteiger partial charge in [-0.1, -0.05) is 0 Å². The van der Waals surface area contributed by atoms with Crippen LogP contribution in [0, 0.1) is 13.8 Å². The average molecular weight is 381 g/mol. The lowest BCUT2D eigenvalue weighted by atomic mass is 9.95. The van der Waals surface area contributed by atoms with Crippen molar-refractivity contribution in [2.45, 2.75) is 19.8 Å². The molecule has 1 aliphatic heterocycles. The van der Waals surface area contributed by atoms with E-state index in [4.69, 9.17) is 4.42 Å². The first kappa shape index (κ1) is 17.4. The van der Waals surface area contributed by atoms with Crippen molar-refractivity contribution in [2.75, 3.05) is 18.4 Å². The molecule has 4 rings (SSSR count). The predicted octanol–water partition coefficient (Wildman–Crippen LogP) is 3.53. The van der Waals surface area contributed by atoms with Crippen LogP contribution < -0.4 is 5.32 Å². The number of likely N-dealkylation sites (tertiary alicyclic amines) is 1. The van der Waals surface area contributed by atoms with E-state index in [1.807, 2.05) is 31.4 Å². The summed E-state index contributed by atoms with van der Waals surface area (Å²) < 4.78 is 5.20. The number of anilines is 2. The SMILES string of the molecule is Cc1csc(Nc2cc(C3CN(C(=O)/C=C/c4ccco4)C3)nc(C)n2)n1. The van der Waals surface area contributed by atoms with Gasteiger partial charge >= 0.3 is 0 Å². The second kappa shape index (κ2) is 7.32. The molecule has 0 aliphatic carbocycles. The number of aryl methyl sites for hydroxylation is 2. The van der Waals surface area contributed by atoms with Crippen molar-refractivity contribution in [2.24, 2.45) is 0 Å². The number of amides is 1. The van der Waals surface area contributed by atoms with Crippen molar-refractivity contribution in [1.29, 1.82) is 0 Å². The summed E-state index contributed by atoms with van der Waals surface area (Å²) in [6.45, 7) is 5.12. The fourth-order valence-electron chi connectivity index (χ4n) is 2.88. The summed E-state index contributed by atoms with van der Waals surface area (Å²) in [4.78, 5) is 27.4. The highest BCUT2D eigenvalue weighted by Gasteiger charge is 2.32. The van der Waals surface area contributed by atoms with Crippen LogP contribution in [-0.4, -0.2) is 38.8 Å². The number of nitrogens with one attached hydrogen (secondary N) is 1. The first-order valence-corrected chi connectivity index (χ1v) is 9.50. The van der Waals surface area contributed by atoms with Gasteiger partial charge in [-0.15, -0.1) is 11.3 Å². The second-order valence-corrected chi connectivity index (χ2v) is 7.29. The van der Waals surface area contributed by atoms with Gasteiger partial charge in [-0.05, 0) is 32.1 Å². The molecule has 138 valence electrons. The quantitative estimate of drug-likeness (QED) is 0.681. The van der Waals surface area contributed by atoms with Crippen LogP contribution in [0.2, 0.25) is 0 Å². The molecule has 8 heteroatoms. The Morgan fingerprint density at radius 3 is 2.89 bits per heavy atom. The molecule has 0 saturated carbocycles. The molecule has 27 heavy (non-hydrogen) atoms. The number of hydrogen-bond donors (Lipinski definition) is 1. The second-order valence-electron chi connectivity index (χ2n) is 6.43. The van der Waals surface area contributed by atoms with Gasteiger partial charge in [-0.25, -0.2) is 15.0 Å². The van der Waals surface area contributed by atoms with Crippen molar-refractivity contribution >= 4 is 34.3 Å². The zero-order chi connectivity index (χ0) is 18.8. The number of carbonyl (C=O) groups excluding carboxylic acids is 1. The number of thiazole rings is 1. The van der Waals surface area contributed by atoms with E-state index in [-0.39, 0.29) is 11.8 Å². The highest BCUT2D eigenvalue weighted by atomic mass is 32.1. The summed E-state index contributed by atoms with van der Waals surface area (Å²) in [7, 11) is 0. The number of carbonyl (C=O) groups is 1. The minimum absolute atomic E-state index is 0.0231. The van der Waals surface area contributed by atoms with E-state index >= 15 is 0 Å². The Labute approximate surface area is 160 Å². The maximum absolute atomic E-state index is 12.2. The Morgan fingerprint density at radius 1 is 1.33 bits per heavy atom. The minimum Gasteiger partial charge on any atom is -0.465 e. The van der Waals surface area contributed by atoms with Gasteiger partial charge in [-0.3, -0.25) is 4.79 Å². The van der Waals surface area contributed by atoms with Gasteiger partial charge < -0.3 is 14.6 Å². The van der Waals surface area contributed by atoms with Crippen LogP contribution in [0.4, 0.5) is 10.9 Å². The molecule has 1 saturated heterocycles. The van der Waals surface area contributed by atoms with Crippen LogP contribution in [0.3, 0.4) is 0 Å². The summed E-state index contributed by atoms with van der Waals surface area (Å²) in [5.74, 6) is 2.29. The van der Waals surface area contributed by atoms with E-state index in [0.717, 1.165) is 22.3 Å². The Hall–Kier alpha value is -3.00. The summed E-state index contributed by atoms with van der Waals surface area (Å²) >= 11 is 1.54. The van der Waals surface area contributed by atoms with Crippen LogP contribution >= 0.6 is 11.3 Å². The summed E-state index contributed by atoms with van der Waals surface area (Å²) in [6, 6.07) is 5.54. The third-order valence-electron chi connectivity index (χ3n) is 4.26. The van der Waals surface area contributed by atoms with Crippen LogP contribution in [0.25, 0.3) is 6.08 Å². The Morgan fingerprint density at radius 2 is 2.19 bits per heavy atom. The lowest BCUT2D eigenvalue weighted by Crippen LogP contribution is -2.48. The summed E-state index contributed by atoms with van der Waals surface area (Å²) in [6.07, 6.45) is 4.81. The van der Waals surface area contributed by atoms with E-state index < -0.39 is 0 Å².